The largest absolute Gasteiger partial charge is 0.393 e. The van der Waals surface area contributed by atoms with Gasteiger partial charge in [-0.05, 0) is 47.6 Å². The molecule has 2 aromatic rings. The molecule has 1 atom stereocenters. The maximum Gasteiger partial charge on any atom is 0.0580 e. The zero-order chi connectivity index (χ0) is 16.5. The predicted octanol–water partition coefficient (Wildman–Crippen LogP) is 6.06. The van der Waals surface area contributed by atoms with E-state index in [0.717, 1.165) is 19.3 Å². The van der Waals surface area contributed by atoms with E-state index in [1.807, 2.05) is 0 Å². The lowest BCUT2D eigenvalue weighted by atomic mass is 9.98. The number of rotatable bonds is 10. The molecule has 0 aliphatic carbocycles. The van der Waals surface area contributed by atoms with Crippen LogP contribution in [0.2, 0.25) is 0 Å². The summed E-state index contributed by atoms with van der Waals surface area (Å²) >= 11 is 0. The van der Waals surface area contributed by atoms with Crippen molar-refractivity contribution in [1.29, 1.82) is 0 Å². The average Bonchev–Trinajstić information content (AvgIpc) is 2.55. The van der Waals surface area contributed by atoms with Crippen LogP contribution in [0.25, 0.3) is 10.8 Å². The Morgan fingerprint density at radius 2 is 1.43 bits per heavy atom. The first kappa shape index (κ1) is 18.0. The summed E-state index contributed by atoms with van der Waals surface area (Å²) in [6.45, 7) is 4.38. The molecule has 0 aromatic heterocycles. The Hall–Kier alpha value is -1.34. The first-order valence-corrected chi connectivity index (χ1v) is 9.42. The lowest BCUT2D eigenvalue weighted by Gasteiger charge is -2.10. The fraction of sp³-hybridized carbons (Fsp3) is 0.545. The molecule has 2 rings (SSSR count). The second-order valence-corrected chi connectivity index (χ2v) is 6.83. The normalized spacial score (nSPS) is 12.7. The molecule has 2 aromatic carbocycles. The molecule has 0 aliphatic heterocycles. The van der Waals surface area contributed by atoms with Crippen molar-refractivity contribution in [1.82, 2.24) is 0 Å². The number of aliphatic hydroxyl groups excluding tert-OH is 1. The Morgan fingerprint density at radius 1 is 0.783 bits per heavy atom. The molecule has 0 bridgehead atoms. The van der Waals surface area contributed by atoms with Gasteiger partial charge in [0, 0.05) is 0 Å². The summed E-state index contributed by atoms with van der Waals surface area (Å²) in [6.07, 6.45) is 10.4. The molecule has 0 radical (unpaired) electrons. The van der Waals surface area contributed by atoms with Crippen molar-refractivity contribution in [3.8, 4) is 0 Å². The minimum Gasteiger partial charge on any atom is -0.393 e. The summed E-state index contributed by atoms with van der Waals surface area (Å²) in [5, 5.41) is 12.6. The molecular formula is C22H32O. The van der Waals surface area contributed by atoms with Gasteiger partial charge in [0.05, 0.1) is 6.10 Å². The van der Waals surface area contributed by atoms with Gasteiger partial charge in [-0.25, -0.2) is 0 Å². The molecular weight excluding hydrogens is 280 g/mol. The van der Waals surface area contributed by atoms with Crippen LogP contribution < -0.4 is 0 Å². The molecule has 23 heavy (non-hydrogen) atoms. The van der Waals surface area contributed by atoms with Crippen molar-refractivity contribution >= 4 is 10.8 Å². The van der Waals surface area contributed by atoms with Crippen LogP contribution in [0.1, 0.15) is 69.9 Å². The van der Waals surface area contributed by atoms with Gasteiger partial charge in [-0.3, -0.25) is 0 Å². The van der Waals surface area contributed by atoms with Crippen LogP contribution in [0.4, 0.5) is 0 Å². The fourth-order valence-electron chi connectivity index (χ4n) is 3.27. The van der Waals surface area contributed by atoms with Crippen LogP contribution in [0, 0.1) is 0 Å². The minimum absolute atomic E-state index is 0.208. The molecule has 0 fully saturated rings. The van der Waals surface area contributed by atoms with Gasteiger partial charge in [0.25, 0.3) is 0 Å². The molecule has 1 nitrogen and oxygen atoms in total. The summed E-state index contributed by atoms with van der Waals surface area (Å²) in [4.78, 5) is 0. The predicted molar refractivity (Wildman–Crippen MR) is 101 cm³/mol. The van der Waals surface area contributed by atoms with Gasteiger partial charge in [0.2, 0.25) is 0 Å². The third-order valence-corrected chi connectivity index (χ3v) is 4.63. The number of unbranched alkanes of at least 4 members (excludes halogenated alkanes) is 4. The van der Waals surface area contributed by atoms with Gasteiger partial charge in [-0.2, -0.15) is 0 Å². The van der Waals surface area contributed by atoms with E-state index in [1.54, 1.807) is 0 Å². The second-order valence-electron chi connectivity index (χ2n) is 6.83. The van der Waals surface area contributed by atoms with E-state index >= 15 is 0 Å². The zero-order valence-corrected chi connectivity index (χ0v) is 14.9. The van der Waals surface area contributed by atoms with Gasteiger partial charge in [0.1, 0.15) is 0 Å². The Balaban J connectivity index is 1.95. The summed E-state index contributed by atoms with van der Waals surface area (Å²) in [7, 11) is 0. The third kappa shape index (κ3) is 5.99. The van der Waals surface area contributed by atoms with Crippen molar-refractivity contribution in [3.05, 3.63) is 47.5 Å². The first-order chi connectivity index (χ1) is 11.2. The fourth-order valence-corrected chi connectivity index (χ4v) is 3.27. The van der Waals surface area contributed by atoms with Crippen LogP contribution in [0.5, 0.6) is 0 Å². The quantitative estimate of drug-likeness (QED) is 0.529. The first-order valence-electron chi connectivity index (χ1n) is 9.42. The van der Waals surface area contributed by atoms with Gasteiger partial charge in [-0.1, -0.05) is 82.3 Å². The van der Waals surface area contributed by atoms with Crippen LogP contribution in [0.15, 0.2) is 36.4 Å². The maximum absolute atomic E-state index is 9.98. The average molecular weight is 312 g/mol. The summed E-state index contributed by atoms with van der Waals surface area (Å²) in [5.41, 5.74) is 2.69. The van der Waals surface area contributed by atoms with Crippen molar-refractivity contribution in [2.75, 3.05) is 0 Å². The van der Waals surface area contributed by atoms with Gasteiger partial charge in [-0.15, -0.1) is 0 Å². The van der Waals surface area contributed by atoms with Crippen LogP contribution in [-0.2, 0) is 12.8 Å². The number of benzene rings is 2. The minimum atomic E-state index is -0.208. The van der Waals surface area contributed by atoms with E-state index in [0.29, 0.717) is 0 Å². The number of fused-ring (bicyclic) bond motifs is 1. The summed E-state index contributed by atoms with van der Waals surface area (Å²) < 4.78 is 0. The van der Waals surface area contributed by atoms with Crippen molar-refractivity contribution in [2.24, 2.45) is 0 Å². The van der Waals surface area contributed by atoms with E-state index in [9.17, 15) is 5.11 Å². The smallest absolute Gasteiger partial charge is 0.0580 e. The van der Waals surface area contributed by atoms with Gasteiger partial charge < -0.3 is 5.11 Å². The topological polar surface area (TPSA) is 20.2 Å². The Morgan fingerprint density at radius 3 is 2.13 bits per heavy atom. The van der Waals surface area contributed by atoms with Gasteiger partial charge in [0.15, 0.2) is 0 Å². The van der Waals surface area contributed by atoms with E-state index in [2.05, 4.69) is 50.2 Å². The third-order valence-electron chi connectivity index (χ3n) is 4.63. The molecule has 0 saturated carbocycles. The number of aliphatic hydroxyl groups is 1. The zero-order valence-electron chi connectivity index (χ0n) is 14.9. The Labute approximate surface area is 141 Å². The summed E-state index contributed by atoms with van der Waals surface area (Å²) in [5.74, 6) is 0. The van der Waals surface area contributed by atoms with Crippen molar-refractivity contribution < 1.29 is 5.11 Å². The number of hydrogen-bond donors (Lipinski definition) is 1. The highest BCUT2D eigenvalue weighted by atomic mass is 16.3. The molecule has 0 heterocycles. The van der Waals surface area contributed by atoms with Crippen molar-refractivity contribution in [2.45, 2.75) is 77.7 Å². The molecule has 1 N–H and O–H groups in total. The molecule has 0 saturated heterocycles. The van der Waals surface area contributed by atoms with E-state index in [-0.39, 0.29) is 6.10 Å². The molecule has 1 heteroatoms. The van der Waals surface area contributed by atoms with E-state index < -0.39 is 0 Å². The summed E-state index contributed by atoms with van der Waals surface area (Å²) in [6, 6.07) is 13.5. The lowest BCUT2D eigenvalue weighted by Crippen LogP contribution is -2.09. The SMILES string of the molecule is CCCCCCCc1ccc2cc(CC(O)CCC)ccc2c1. The molecule has 1 unspecified atom stereocenters. The highest BCUT2D eigenvalue weighted by Gasteiger charge is 2.05. The highest BCUT2D eigenvalue weighted by molar-refractivity contribution is 5.83. The van der Waals surface area contributed by atoms with Crippen LogP contribution >= 0.6 is 0 Å². The highest BCUT2D eigenvalue weighted by Crippen LogP contribution is 2.21. The van der Waals surface area contributed by atoms with E-state index in [1.165, 1.54) is 60.4 Å². The van der Waals surface area contributed by atoms with Crippen LogP contribution in [0.3, 0.4) is 0 Å². The molecule has 0 aliphatic rings. The second kappa shape index (κ2) is 9.72. The van der Waals surface area contributed by atoms with E-state index in [4.69, 9.17) is 0 Å². The maximum atomic E-state index is 9.98. The number of hydrogen-bond acceptors (Lipinski definition) is 1. The molecule has 0 spiro atoms. The Kier molecular flexibility index (Phi) is 7.61. The van der Waals surface area contributed by atoms with Crippen molar-refractivity contribution in [3.63, 3.8) is 0 Å². The lowest BCUT2D eigenvalue weighted by molar-refractivity contribution is 0.164. The number of aryl methyl sites for hydroxylation is 1. The monoisotopic (exact) mass is 312 g/mol. The Bertz CT molecular complexity index is 588. The molecule has 126 valence electrons. The van der Waals surface area contributed by atoms with Crippen LogP contribution in [-0.4, -0.2) is 11.2 Å². The molecule has 0 amide bonds. The standard InChI is InChI=1S/C22H32O/c1-3-5-6-7-8-10-18-11-13-21-16-19(12-14-20(21)15-18)17-22(23)9-4-2/h11-16,22-23H,3-10,17H2,1-2H3. The van der Waals surface area contributed by atoms with Gasteiger partial charge >= 0.3 is 0 Å².